The summed E-state index contributed by atoms with van der Waals surface area (Å²) in [7, 11) is 1.60. The SMILES string of the molecule is Cc1cc(Br)ccc1N(C)C(=O)Cn1cc([N+](=O)[O-])ccc1=O. The van der Waals surface area contributed by atoms with Crippen LogP contribution in [0.15, 0.2) is 45.8 Å². The van der Waals surface area contributed by atoms with Gasteiger partial charge >= 0.3 is 0 Å². The highest BCUT2D eigenvalue weighted by Gasteiger charge is 2.16. The first-order valence-corrected chi connectivity index (χ1v) is 7.46. The number of nitrogens with zero attached hydrogens (tertiary/aromatic N) is 3. The van der Waals surface area contributed by atoms with E-state index < -0.39 is 10.5 Å². The van der Waals surface area contributed by atoms with Crippen LogP contribution in [-0.4, -0.2) is 22.4 Å². The van der Waals surface area contributed by atoms with Gasteiger partial charge in [-0.2, -0.15) is 0 Å². The molecule has 0 spiro atoms. The lowest BCUT2D eigenvalue weighted by atomic mass is 10.2. The number of amides is 1. The van der Waals surface area contributed by atoms with Gasteiger partial charge in [-0.3, -0.25) is 24.3 Å². The van der Waals surface area contributed by atoms with Crippen molar-refractivity contribution in [2.45, 2.75) is 13.5 Å². The van der Waals surface area contributed by atoms with Crippen molar-refractivity contribution in [3.05, 3.63) is 67.0 Å². The molecule has 7 nitrogen and oxygen atoms in total. The summed E-state index contributed by atoms with van der Waals surface area (Å²) in [5.74, 6) is -0.349. The fourth-order valence-electron chi connectivity index (χ4n) is 2.13. The number of anilines is 1. The molecule has 0 saturated heterocycles. The lowest BCUT2D eigenvalue weighted by Crippen LogP contribution is -2.34. The van der Waals surface area contributed by atoms with Gasteiger partial charge in [0.15, 0.2) is 0 Å². The molecule has 1 heterocycles. The van der Waals surface area contributed by atoms with Gasteiger partial charge in [-0.25, -0.2) is 0 Å². The maximum Gasteiger partial charge on any atom is 0.285 e. The first-order chi connectivity index (χ1) is 10.8. The standard InChI is InChI=1S/C15H14BrN3O4/c1-10-7-11(16)3-5-13(10)17(2)15(21)9-18-8-12(19(22)23)4-6-14(18)20/h3-8H,9H2,1-2H3. The predicted octanol–water partition coefficient (Wildman–Crippen LogP) is 2.49. The van der Waals surface area contributed by atoms with E-state index in [9.17, 15) is 19.7 Å². The lowest BCUT2D eigenvalue weighted by Gasteiger charge is -2.20. The van der Waals surface area contributed by atoms with E-state index in [0.717, 1.165) is 32.9 Å². The molecule has 0 fully saturated rings. The number of pyridine rings is 1. The van der Waals surface area contributed by atoms with Gasteiger partial charge in [0, 0.05) is 29.3 Å². The Balaban J connectivity index is 2.26. The van der Waals surface area contributed by atoms with Crippen molar-refractivity contribution in [2.24, 2.45) is 0 Å². The summed E-state index contributed by atoms with van der Waals surface area (Å²) < 4.78 is 1.93. The van der Waals surface area contributed by atoms with E-state index in [2.05, 4.69) is 15.9 Å². The van der Waals surface area contributed by atoms with Crippen LogP contribution in [0.3, 0.4) is 0 Å². The van der Waals surface area contributed by atoms with Crippen LogP contribution in [0.1, 0.15) is 5.56 Å². The summed E-state index contributed by atoms with van der Waals surface area (Å²) in [5, 5.41) is 10.8. The zero-order chi connectivity index (χ0) is 17.1. The Bertz CT molecular complexity index is 832. The second-order valence-corrected chi connectivity index (χ2v) is 5.91. The third kappa shape index (κ3) is 3.84. The Morgan fingerprint density at radius 2 is 2.04 bits per heavy atom. The van der Waals surface area contributed by atoms with Gasteiger partial charge in [-0.1, -0.05) is 15.9 Å². The zero-order valence-electron chi connectivity index (χ0n) is 12.5. The highest BCUT2D eigenvalue weighted by molar-refractivity contribution is 9.10. The van der Waals surface area contributed by atoms with E-state index in [1.165, 1.54) is 4.90 Å². The van der Waals surface area contributed by atoms with Crippen LogP contribution >= 0.6 is 15.9 Å². The van der Waals surface area contributed by atoms with Crippen molar-refractivity contribution < 1.29 is 9.72 Å². The predicted molar refractivity (Wildman–Crippen MR) is 89.6 cm³/mol. The van der Waals surface area contributed by atoms with Gasteiger partial charge in [-0.05, 0) is 30.7 Å². The number of carbonyl (C=O) groups excluding carboxylic acids is 1. The van der Waals surface area contributed by atoms with Crippen molar-refractivity contribution in [1.82, 2.24) is 4.57 Å². The topological polar surface area (TPSA) is 85.4 Å². The highest BCUT2D eigenvalue weighted by Crippen LogP contribution is 2.23. The number of aromatic nitrogens is 1. The molecule has 2 rings (SSSR count). The van der Waals surface area contributed by atoms with Crippen LogP contribution < -0.4 is 10.5 Å². The van der Waals surface area contributed by atoms with E-state index in [0.29, 0.717) is 5.69 Å². The molecule has 1 aromatic carbocycles. The lowest BCUT2D eigenvalue weighted by molar-refractivity contribution is -0.385. The van der Waals surface area contributed by atoms with Crippen LogP contribution in [0.4, 0.5) is 11.4 Å². The van der Waals surface area contributed by atoms with E-state index in [1.807, 2.05) is 19.1 Å². The van der Waals surface area contributed by atoms with E-state index in [4.69, 9.17) is 0 Å². The minimum absolute atomic E-state index is 0.236. The minimum Gasteiger partial charge on any atom is -0.314 e. The molecule has 1 aromatic heterocycles. The third-order valence-electron chi connectivity index (χ3n) is 3.38. The minimum atomic E-state index is -0.608. The molecule has 0 radical (unpaired) electrons. The molecule has 23 heavy (non-hydrogen) atoms. The highest BCUT2D eigenvalue weighted by atomic mass is 79.9. The fourth-order valence-corrected chi connectivity index (χ4v) is 2.61. The Hall–Kier alpha value is -2.48. The van der Waals surface area contributed by atoms with Crippen LogP contribution in [0, 0.1) is 17.0 Å². The van der Waals surface area contributed by atoms with Crippen LogP contribution in [0.25, 0.3) is 0 Å². The summed E-state index contributed by atoms with van der Waals surface area (Å²) in [4.78, 5) is 35.7. The number of rotatable bonds is 4. The summed E-state index contributed by atoms with van der Waals surface area (Å²) in [5.41, 5.74) is 0.892. The molecular formula is C15H14BrN3O4. The molecule has 1 amide bonds. The smallest absolute Gasteiger partial charge is 0.285 e. The summed E-state index contributed by atoms with van der Waals surface area (Å²) in [6, 6.07) is 7.67. The molecule has 0 aliphatic rings. The molecule has 0 N–H and O–H groups in total. The largest absolute Gasteiger partial charge is 0.314 e. The summed E-state index contributed by atoms with van der Waals surface area (Å²) in [6.07, 6.45) is 1.07. The number of likely N-dealkylation sites (N-methyl/N-ethyl adjacent to an activating group) is 1. The number of benzene rings is 1. The molecule has 0 aliphatic heterocycles. The average molecular weight is 380 g/mol. The van der Waals surface area contributed by atoms with Gasteiger partial charge in [0.2, 0.25) is 5.91 Å². The van der Waals surface area contributed by atoms with Gasteiger partial charge in [-0.15, -0.1) is 0 Å². The van der Waals surface area contributed by atoms with E-state index >= 15 is 0 Å². The second kappa shape index (κ2) is 6.74. The number of nitro groups is 1. The molecule has 8 heteroatoms. The van der Waals surface area contributed by atoms with Crippen molar-refractivity contribution in [1.29, 1.82) is 0 Å². The fraction of sp³-hybridized carbons (Fsp3) is 0.200. The maximum absolute atomic E-state index is 12.4. The molecular weight excluding hydrogens is 366 g/mol. The molecule has 2 aromatic rings. The van der Waals surface area contributed by atoms with E-state index in [1.54, 1.807) is 13.1 Å². The Labute approximate surface area is 140 Å². The van der Waals surface area contributed by atoms with Gasteiger partial charge in [0.25, 0.3) is 11.2 Å². The summed E-state index contributed by atoms with van der Waals surface area (Å²) in [6.45, 7) is 1.59. The number of aryl methyl sites for hydroxylation is 1. The average Bonchev–Trinajstić information content (AvgIpc) is 2.48. The van der Waals surface area contributed by atoms with Crippen molar-refractivity contribution in [3.8, 4) is 0 Å². The number of carbonyl (C=O) groups is 1. The van der Waals surface area contributed by atoms with Gasteiger partial charge in [0.1, 0.15) is 6.54 Å². The maximum atomic E-state index is 12.4. The number of halogens is 1. The van der Waals surface area contributed by atoms with Gasteiger partial charge < -0.3 is 4.90 Å². The van der Waals surface area contributed by atoms with Crippen molar-refractivity contribution >= 4 is 33.2 Å². The van der Waals surface area contributed by atoms with E-state index in [-0.39, 0.29) is 18.1 Å². The zero-order valence-corrected chi connectivity index (χ0v) is 14.1. The quantitative estimate of drug-likeness (QED) is 0.603. The number of hydrogen-bond acceptors (Lipinski definition) is 4. The Kier molecular flexibility index (Phi) is 4.95. The van der Waals surface area contributed by atoms with Crippen LogP contribution in [-0.2, 0) is 11.3 Å². The third-order valence-corrected chi connectivity index (χ3v) is 3.87. The molecule has 0 atom stereocenters. The molecule has 0 saturated carbocycles. The molecule has 0 bridgehead atoms. The molecule has 120 valence electrons. The van der Waals surface area contributed by atoms with Gasteiger partial charge in [0.05, 0.1) is 11.1 Å². The number of hydrogen-bond donors (Lipinski definition) is 0. The van der Waals surface area contributed by atoms with Crippen molar-refractivity contribution in [2.75, 3.05) is 11.9 Å². The Morgan fingerprint density at radius 3 is 2.65 bits per heavy atom. The van der Waals surface area contributed by atoms with Crippen LogP contribution in [0.5, 0.6) is 0 Å². The first-order valence-electron chi connectivity index (χ1n) is 6.67. The first kappa shape index (κ1) is 16.9. The Morgan fingerprint density at radius 1 is 1.35 bits per heavy atom. The molecule has 0 aliphatic carbocycles. The van der Waals surface area contributed by atoms with Crippen molar-refractivity contribution in [3.63, 3.8) is 0 Å². The second-order valence-electron chi connectivity index (χ2n) is 4.99. The normalized spacial score (nSPS) is 10.4. The monoisotopic (exact) mass is 379 g/mol. The summed E-state index contributed by atoms with van der Waals surface area (Å²) >= 11 is 3.35. The molecule has 0 unspecified atom stereocenters. The van der Waals surface area contributed by atoms with Crippen LogP contribution in [0.2, 0.25) is 0 Å².